The maximum absolute atomic E-state index is 4.33. The van der Waals surface area contributed by atoms with Crippen LogP contribution < -0.4 is 10.3 Å². The first-order valence-electron chi connectivity index (χ1n) is 9.81. The summed E-state index contributed by atoms with van der Waals surface area (Å²) in [7, 11) is 0. The molecule has 4 rings (SSSR count). The third kappa shape index (κ3) is 4.70. The molecule has 0 aliphatic rings. The second-order valence-corrected chi connectivity index (χ2v) is 6.94. The van der Waals surface area contributed by atoms with Crippen molar-refractivity contribution in [1.82, 2.24) is 9.97 Å². The molecule has 0 bridgehead atoms. The molecule has 148 valence electrons. The van der Waals surface area contributed by atoms with Crippen molar-refractivity contribution in [2.75, 3.05) is 10.3 Å². The van der Waals surface area contributed by atoms with E-state index in [9.17, 15) is 0 Å². The van der Waals surface area contributed by atoms with E-state index in [1.807, 2.05) is 68.4 Å². The smallest absolute Gasteiger partial charge is 0.243 e. The Morgan fingerprint density at radius 2 is 1.20 bits per heavy atom. The Morgan fingerprint density at radius 1 is 0.700 bits per heavy atom. The van der Waals surface area contributed by atoms with Crippen LogP contribution in [0.25, 0.3) is 0 Å². The first-order chi connectivity index (χ1) is 14.7. The molecule has 5 heteroatoms. The third-order valence-electron chi connectivity index (χ3n) is 4.54. The lowest BCUT2D eigenvalue weighted by atomic mass is 10.1. The van der Waals surface area contributed by atoms with Crippen molar-refractivity contribution in [2.24, 2.45) is 5.10 Å². The fourth-order valence-corrected chi connectivity index (χ4v) is 3.25. The highest BCUT2D eigenvalue weighted by Gasteiger charge is 2.11. The normalized spacial score (nSPS) is 10.9. The van der Waals surface area contributed by atoms with E-state index in [1.54, 1.807) is 6.21 Å². The largest absolute Gasteiger partial charge is 0.311 e. The minimum Gasteiger partial charge on any atom is -0.311 e. The number of hydrogen-bond acceptors (Lipinski definition) is 5. The molecule has 0 spiro atoms. The summed E-state index contributed by atoms with van der Waals surface area (Å²) < 4.78 is 0. The standard InChI is InChI=1S/C25H23N5/c1-19-17-20(2)28-25(27-19)29-26-18-21-13-15-24(16-14-21)30(22-9-5-3-6-10-22)23-11-7-4-8-12-23/h3-18H,1-2H3,(H,27,28,29)/b26-18-. The van der Waals surface area contributed by atoms with Gasteiger partial charge in [-0.15, -0.1) is 0 Å². The molecule has 0 radical (unpaired) electrons. The first-order valence-corrected chi connectivity index (χ1v) is 9.81. The van der Waals surface area contributed by atoms with Gasteiger partial charge < -0.3 is 4.90 Å². The van der Waals surface area contributed by atoms with Gasteiger partial charge in [0.2, 0.25) is 5.95 Å². The summed E-state index contributed by atoms with van der Waals surface area (Å²) >= 11 is 0. The zero-order chi connectivity index (χ0) is 20.8. The van der Waals surface area contributed by atoms with Crippen LogP contribution in [-0.2, 0) is 0 Å². The highest BCUT2D eigenvalue weighted by molar-refractivity contribution is 5.83. The molecule has 0 fully saturated rings. The monoisotopic (exact) mass is 393 g/mol. The first kappa shape index (κ1) is 19.3. The van der Waals surface area contributed by atoms with Crippen LogP contribution in [0.5, 0.6) is 0 Å². The van der Waals surface area contributed by atoms with Gasteiger partial charge >= 0.3 is 0 Å². The van der Waals surface area contributed by atoms with E-state index in [2.05, 4.69) is 61.8 Å². The zero-order valence-electron chi connectivity index (χ0n) is 17.0. The molecule has 0 aliphatic carbocycles. The number of hydrazone groups is 1. The van der Waals surface area contributed by atoms with Gasteiger partial charge in [0, 0.05) is 28.5 Å². The molecule has 4 aromatic rings. The van der Waals surface area contributed by atoms with Gasteiger partial charge in [-0.25, -0.2) is 15.4 Å². The SMILES string of the molecule is Cc1cc(C)nc(N/N=C\c2ccc(N(c3ccccc3)c3ccccc3)cc2)n1. The van der Waals surface area contributed by atoms with Crippen LogP contribution in [0.15, 0.2) is 96.1 Å². The van der Waals surface area contributed by atoms with Gasteiger partial charge in [-0.3, -0.25) is 0 Å². The summed E-state index contributed by atoms with van der Waals surface area (Å²) in [6, 6.07) is 30.9. The van der Waals surface area contributed by atoms with E-state index < -0.39 is 0 Å². The molecule has 0 atom stereocenters. The molecule has 0 saturated heterocycles. The molecule has 1 aromatic heterocycles. The van der Waals surface area contributed by atoms with Gasteiger partial charge in [0.25, 0.3) is 0 Å². The average Bonchev–Trinajstić information content (AvgIpc) is 2.76. The van der Waals surface area contributed by atoms with E-state index in [0.717, 1.165) is 34.0 Å². The summed E-state index contributed by atoms with van der Waals surface area (Å²) in [5, 5.41) is 4.27. The lowest BCUT2D eigenvalue weighted by molar-refractivity contribution is 1.04. The molecule has 1 N–H and O–H groups in total. The van der Waals surface area contributed by atoms with E-state index in [4.69, 9.17) is 0 Å². The van der Waals surface area contributed by atoms with Gasteiger partial charge in [-0.05, 0) is 61.9 Å². The van der Waals surface area contributed by atoms with E-state index in [0.29, 0.717) is 5.95 Å². The third-order valence-corrected chi connectivity index (χ3v) is 4.54. The molecule has 1 heterocycles. The van der Waals surface area contributed by atoms with E-state index in [-0.39, 0.29) is 0 Å². The fraction of sp³-hybridized carbons (Fsp3) is 0.0800. The fourth-order valence-electron chi connectivity index (χ4n) is 3.25. The zero-order valence-corrected chi connectivity index (χ0v) is 17.0. The number of rotatable bonds is 6. The summed E-state index contributed by atoms with van der Waals surface area (Å²) in [6.07, 6.45) is 1.76. The molecule has 3 aromatic carbocycles. The van der Waals surface area contributed by atoms with Gasteiger partial charge in [0.1, 0.15) is 0 Å². The van der Waals surface area contributed by atoms with Crippen LogP contribution in [0.3, 0.4) is 0 Å². The number of hydrogen-bond donors (Lipinski definition) is 1. The predicted molar refractivity (Wildman–Crippen MR) is 124 cm³/mol. The van der Waals surface area contributed by atoms with Crippen molar-refractivity contribution in [3.63, 3.8) is 0 Å². The topological polar surface area (TPSA) is 53.4 Å². The molecule has 5 nitrogen and oxygen atoms in total. The highest BCUT2D eigenvalue weighted by Crippen LogP contribution is 2.33. The van der Waals surface area contributed by atoms with Crippen LogP contribution in [0.4, 0.5) is 23.0 Å². The minimum absolute atomic E-state index is 0.500. The number of para-hydroxylation sites is 2. The van der Waals surface area contributed by atoms with Crippen molar-refractivity contribution in [1.29, 1.82) is 0 Å². The van der Waals surface area contributed by atoms with E-state index in [1.165, 1.54) is 0 Å². The average molecular weight is 393 g/mol. The number of anilines is 4. The van der Waals surface area contributed by atoms with Crippen molar-refractivity contribution in [3.05, 3.63) is 108 Å². The molecule has 30 heavy (non-hydrogen) atoms. The summed E-state index contributed by atoms with van der Waals surface area (Å²) in [5.74, 6) is 0.500. The molecular formula is C25H23N5. The number of nitrogens with zero attached hydrogens (tertiary/aromatic N) is 4. The maximum Gasteiger partial charge on any atom is 0.243 e. The van der Waals surface area contributed by atoms with Crippen molar-refractivity contribution < 1.29 is 0 Å². The van der Waals surface area contributed by atoms with Gasteiger partial charge in [-0.1, -0.05) is 48.5 Å². The van der Waals surface area contributed by atoms with E-state index >= 15 is 0 Å². The van der Waals surface area contributed by atoms with Crippen LogP contribution in [0.2, 0.25) is 0 Å². The lowest BCUT2D eigenvalue weighted by Crippen LogP contribution is -2.09. The number of nitrogens with one attached hydrogen (secondary N) is 1. The summed E-state index contributed by atoms with van der Waals surface area (Å²) in [4.78, 5) is 10.9. The van der Waals surface area contributed by atoms with Crippen LogP contribution in [0, 0.1) is 13.8 Å². The van der Waals surface area contributed by atoms with Crippen molar-refractivity contribution in [2.45, 2.75) is 13.8 Å². The Balaban J connectivity index is 1.55. The number of aromatic nitrogens is 2. The molecular weight excluding hydrogens is 370 g/mol. The molecule has 0 aliphatic heterocycles. The Bertz CT molecular complexity index is 1060. The second kappa shape index (κ2) is 9.01. The molecule has 0 saturated carbocycles. The number of benzene rings is 3. The molecule has 0 amide bonds. The van der Waals surface area contributed by atoms with Crippen LogP contribution >= 0.6 is 0 Å². The number of aryl methyl sites for hydroxylation is 2. The van der Waals surface area contributed by atoms with Crippen molar-refractivity contribution >= 4 is 29.2 Å². The summed E-state index contributed by atoms with van der Waals surface area (Å²) in [5.41, 5.74) is 9.00. The predicted octanol–water partition coefficient (Wildman–Crippen LogP) is 6.01. The Labute approximate surface area is 176 Å². The lowest BCUT2D eigenvalue weighted by Gasteiger charge is -2.25. The van der Waals surface area contributed by atoms with Crippen molar-refractivity contribution in [3.8, 4) is 0 Å². The Morgan fingerprint density at radius 3 is 1.73 bits per heavy atom. The minimum atomic E-state index is 0.500. The van der Waals surface area contributed by atoms with Crippen LogP contribution in [-0.4, -0.2) is 16.2 Å². The highest BCUT2D eigenvalue weighted by atomic mass is 15.3. The Kier molecular flexibility index (Phi) is 5.80. The van der Waals surface area contributed by atoms with Gasteiger partial charge in [-0.2, -0.15) is 5.10 Å². The van der Waals surface area contributed by atoms with Gasteiger partial charge in [0.05, 0.1) is 6.21 Å². The quantitative estimate of drug-likeness (QED) is 0.322. The van der Waals surface area contributed by atoms with Crippen LogP contribution in [0.1, 0.15) is 17.0 Å². The second-order valence-electron chi connectivity index (χ2n) is 6.94. The Hall–Kier alpha value is -3.99. The summed E-state index contributed by atoms with van der Waals surface area (Å²) in [6.45, 7) is 3.88. The van der Waals surface area contributed by atoms with Gasteiger partial charge in [0.15, 0.2) is 0 Å². The maximum atomic E-state index is 4.33. The molecule has 0 unspecified atom stereocenters.